The van der Waals surface area contributed by atoms with Gasteiger partial charge < -0.3 is 5.32 Å². The van der Waals surface area contributed by atoms with Gasteiger partial charge in [0.1, 0.15) is 12.1 Å². The van der Waals surface area contributed by atoms with Crippen LogP contribution in [0.3, 0.4) is 0 Å². The SMILES string of the molecule is C\C=C/C(=C\C(C)=C\CC)C(/C)=C(C#N)/C=C(\C=C\CCC)CNc1ncnc(-c2cc3cccnc3cn2)c1C. The number of hydrogen-bond acceptors (Lipinski definition) is 6. The van der Waals surface area contributed by atoms with Crippen LogP contribution in [0, 0.1) is 18.3 Å². The average molecular weight is 545 g/mol. The number of aromatic nitrogens is 4. The molecule has 0 amide bonds. The van der Waals surface area contributed by atoms with Gasteiger partial charge in [-0.15, -0.1) is 0 Å². The predicted octanol–water partition coefficient (Wildman–Crippen LogP) is 8.79. The van der Waals surface area contributed by atoms with Crippen LogP contribution in [-0.4, -0.2) is 26.5 Å². The largest absolute Gasteiger partial charge is 0.366 e. The van der Waals surface area contributed by atoms with Gasteiger partial charge in [0, 0.05) is 23.7 Å². The lowest BCUT2D eigenvalue weighted by molar-refractivity contribution is 0.956. The fourth-order valence-corrected chi connectivity index (χ4v) is 4.39. The van der Waals surface area contributed by atoms with Crippen molar-refractivity contribution >= 4 is 16.7 Å². The van der Waals surface area contributed by atoms with Crippen LogP contribution < -0.4 is 5.32 Å². The van der Waals surface area contributed by atoms with Gasteiger partial charge in [-0.3, -0.25) is 9.97 Å². The Morgan fingerprint density at radius 3 is 2.63 bits per heavy atom. The second kappa shape index (κ2) is 15.8. The van der Waals surface area contributed by atoms with Crippen molar-refractivity contribution in [3.8, 4) is 17.5 Å². The summed E-state index contributed by atoms with van der Waals surface area (Å²) in [4.78, 5) is 18.0. The highest BCUT2D eigenvalue weighted by Gasteiger charge is 2.12. The normalized spacial score (nSPS) is 13.6. The van der Waals surface area contributed by atoms with Gasteiger partial charge in [-0.2, -0.15) is 5.26 Å². The Kier molecular flexibility index (Phi) is 11.9. The third kappa shape index (κ3) is 8.68. The van der Waals surface area contributed by atoms with E-state index in [2.05, 4.69) is 82.5 Å². The first-order valence-electron chi connectivity index (χ1n) is 14.2. The molecule has 0 unspecified atom stereocenters. The Morgan fingerprint density at radius 2 is 1.90 bits per heavy atom. The summed E-state index contributed by atoms with van der Waals surface area (Å²) in [7, 11) is 0. The Bertz CT molecular complexity index is 1580. The van der Waals surface area contributed by atoms with Crippen LogP contribution >= 0.6 is 0 Å². The summed E-state index contributed by atoms with van der Waals surface area (Å²) in [6.07, 6.45) is 22.7. The molecule has 0 aliphatic rings. The number of fused-ring (bicyclic) bond motifs is 1. The van der Waals surface area contributed by atoms with Gasteiger partial charge in [0.15, 0.2) is 0 Å². The second-order valence-corrected chi connectivity index (χ2v) is 9.83. The van der Waals surface area contributed by atoms with Crippen molar-refractivity contribution in [1.82, 2.24) is 19.9 Å². The maximum Gasteiger partial charge on any atom is 0.133 e. The molecule has 0 atom stereocenters. The lowest BCUT2D eigenvalue weighted by Crippen LogP contribution is -2.08. The maximum absolute atomic E-state index is 10.1. The minimum absolute atomic E-state index is 0.502. The Hall–Kier alpha value is -4.63. The quantitative estimate of drug-likeness (QED) is 0.181. The van der Waals surface area contributed by atoms with E-state index >= 15 is 0 Å². The van der Waals surface area contributed by atoms with Crippen LogP contribution in [0.15, 0.2) is 107 Å². The zero-order chi connectivity index (χ0) is 29.6. The molecular formula is C35H40N6. The number of rotatable bonds is 12. The molecule has 210 valence electrons. The molecule has 0 fully saturated rings. The minimum atomic E-state index is 0.502. The van der Waals surface area contributed by atoms with Gasteiger partial charge in [0.2, 0.25) is 0 Å². The number of pyridine rings is 2. The zero-order valence-corrected chi connectivity index (χ0v) is 25.1. The van der Waals surface area contributed by atoms with Crippen molar-refractivity contribution in [2.45, 2.75) is 60.8 Å². The summed E-state index contributed by atoms with van der Waals surface area (Å²) >= 11 is 0. The van der Waals surface area contributed by atoms with Crippen molar-refractivity contribution in [2.24, 2.45) is 0 Å². The van der Waals surface area contributed by atoms with Gasteiger partial charge in [-0.1, -0.05) is 68.4 Å². The van der Waals surface area contributed by atoms with Crippen molar-refractivity contribution in [1.29, 1.82) is 5.26 Å². The Labute approximate surface area is 244 Å². The van der Waals surface area contributed by atoms with E-state index in [-0.39, 0.29) is 0 Å². The fourth-order valence-electron chi connectivity index (χ4n) is 4.39. The molecule has 6 nitrogen and oxygen atoms in total. The molecule has 3 aromatic rings. The zero-order valence-electron chi connectivity index (χ0n) is 25.1. The summed E-state index contributed by atoms with van der Waals surface area (Å²) in [5.74, 6) is 0.729. The Morgan fingerprint density at radius 1 is 1.07 bits per heavy atom. The molecule has 0 aromatic carbocycles. The molecule has 0 bridgehead atoms. The number of hydrogen-bond donors (Lipinski definition) is 1. The third-order valence-electron chi connectivity index (χ3n) is 6.61. The van der Waals surface area contributed by atoms with E-state index in [0.717, 1.165) is 69.7 Å². The summed E-state index contributed by atoms with van der Waals surface area (Å²) in [5, 5.41) is 14.6. The van der Waals surface area contributed by atoms with Crippen molar-refractivity contribution in [3.63, 3.8) is 0 Å². The molecule has 41 heavy (non-hydrogen) atoms. The summed E-state index contributed by atoms with van der Waals surface area (Å²) < 4.78 is 0. The highest BCUT2D eigenvalue weighted by molar-refractivity contribution is 5.82. The molecule has 0 saturated heterocycles. The van der Waals surface area contributed by atoms with Crippen molar-refractivity contribution in [3.05, 3.63) is 113 Å². The van der Waals surface area contributed by atoms with Gasteiger partial charge >= 0.3 is 0 Å². The molecule has 3 aromatic heterocycles. The van der Waals surface area contributed by atoms with E-state index in [1.807, 2.05) is 51.1 Å². The molecule has 3 rings (SSSR count). The minimum Gasteiger partial charge on any atom is -0.366 e. The van der Waals surface area contributed by atoms with Crippen LogP contribution in [0.5, 0.6) is 0 Å². The Balaban J connectivity index is 1.96. The molecule has 0 spiro atoms. The first kappa shape index (κ1) is 30.9. The molecule has 0 radical (unpaired) electrons. The lowest BCUT2D eigenvalue weighted by Gasteiger charge is -2.13. The van der Waals surface area contributed by atoms with E-state index < -0.39 is 0 Å². The predicted molar refractivity (Wildman–Crippen MR) is 171 cm³/mol. The number of allylic oxidation sites excluding steroid dienone is 10. The van der Waals surface area contributed by atoms with Crippen LogP contribution in [0.25, 0.3) is 22.3 Å². The average Bonchev–Trinajstić information content (AvgIpc) is 2.98. The lowest BCUT2D eigenvalue weighted by atomic mass is 9.97. The van der Waals surface area contributed by atoms with Gasteiger partial charge in [-0.25, -0.2) is 9.97 Å². The van der Waals surface area contributed by atoms with Gasteiger partial charge in [0.25, 0.3) is 0 Å². The number of nitriles is 1. The number of anilines is 1. The van der Waals surface area contributed by atoms with E-state index in [9.17, 15) is 5.26 Å². The third-order valence-corrected chi connectivity index (χ3v) is 6.61. The van der Waals surface area contributed by atoms with E-state index in [1.54, 1.807) is 18.7 Å². The first-order valence-corrected chi connectivity index (χ1v) is 14.2. The highest BCUT2D eigenvalue weighted by Crippen LogP contribution is 2.26. The first-order chi connectivity index (χ1) is 19.9. The van der Waals surface area contributed by atoms with Crippen molar-refractivity contribution in [2.75, 3.05) is 11.9 Å². The fraction of sp³-hybridized carbons (Fsp3) is 0.286. The van der Waals surface area contributed by atoms with Gasteiger partial charge in [-0.05, 0) is 75.5 Å². The van der Waals surface area contributed by atoms with Crippen LogP contribution in [0.1, 0.15) is 59.4 Å². The molecule has 6 heteroatoms. The van der Waals surface area contributed by atoms with Gasteiger partial charge in [0.05, 0.1) is 34.7 Å². The topological polar surface area (TPSA) is 87.4 Å². The standard InChI is InChI=1S/C35H40N6/c1-7-10-11-15-28(19-31(21-36)26(5)29(14-9-3)18-25(4)13-8-2)22-39-35-27(6)34(40-24-41-35)32-20-30-16-12-17-37-33(30)23-38-32/h9,11-20,23-24H,7-8,10,22H2,1-6H3,(H,39,40,41)/b14-9-,15-11+,25-13+,28-19+,29-18+,31-26-. The van der Waals surface area contributed by atoms with E-state index in [1.165, 1.54) is 5.57 Å². The molecule has 0 aliphatic heterocycles. The van der Waals surface area contributed by atoms with E-state index in [0.29, 0.717) is 12.1 Å². The second-order valence-electron chi connectivity index (χ2n) is 9.83. The molecule has 0 aliphatic carbocycles. The van der Waals surface area contributed by atoms with E-state index in [4.69, 9.17) is 0 Å². The summed E-state index contributed by atoms with van der Waals surface area (Å²) in [5.41, 5.74) is 8.06. The summed E-state index contributed by atoms with van der Waals surface area (Å²) in [6.45, 7) is 12.9. The molecule has 0 saturated carbocycles. The monoisotopic (exact) mass is 544 g/mol. The summed E-state index contributed by atoms with van der Waals surface area (Å²) in [6, 6.07) is 8.36. The molecular weight excluding hydrogens is 504 g/mol. The molecule has 1 N–H and O–H groups in total. The van der Waals surface area contributed by atoms with Crippen molar-refractivity contribution < 1.29 is 0 Å². The molecule has 3 heterocycles. The number of unbranched alkanes of at least 4 members (excludes halogenated alkanes) is 1. The maximum atomic E-state index is 10.1. The number of nitrogens with one attached hydrogen (secondary N) is 1. The van der Waals surface area contributed by atoms with Crippen LogP contribution in [0.4, 0.5) is 5.82 Å². The van der Waals surface area contributed by atoms with Crippen LogP contribution in [0.2, 0.25) is 0 Å². The van der Waals surface area contributed by atoms with Crippen LogP contribution in [-0.2, 0) is 0 Å². The smallest absolute Gasteiger partial charge is 0.133 e. The highest BCUT2D eigenvalue weighted by atomic mass is 15.0. The number of nitrogens with zero attached hydrogens (tertiary/aromatic N) is 5.